The van der Waals surface area contributed by atoms with Crippen molar-refractivity contribution in [1.82, 2.24) is 15.5 Å². The van der Waals surface area contributed by atoms with Crippen LogP contribution in [0.3, 0.4) is 0 Å². The Hall–Kier alpha value is -1.51. The van der Waals surface area contributed by atoms with Crippen LogP contribution in [-0.4, -0.2) is 56.1 Å². The summed E-state index contributed by atoms with van der Waals surface area (Å²) in [6, 6.07) is 7.95. The summed E-state index contributed by atoms with van der Waals surface area (Å²) in [7, 11) is 0. The number of benzene rings is 1. The number of rotatable bonds is 7. The van der Waals surface area contributed by atoms with Crippen molar-refractivity contribution in [3.8, 4) is 5.75 Å². The molecule has 6 nitrogen and oxygen atoms in total. The number of nitrogens with zero attached hydrogens (tertiary/aromatic N) is 2. The van der Waals surface area contributed by atoms with E-state index in [-0.39, 0.29) is 36.4 Å². The Morgan fingerprint density at radius 2 is 1.96 bits per heavy atom. The summed E-state index contributed by atoms with van der Waals surface area (Å²) in [5, 5.41) is 6.35. The molecule has 0 aliphatic carbocycles. The number of carbonyl (C=O) groups is 1. The maximum absolute atomic E-state index is 12.0. The van der Waals surface area contributed by atoms with Crippen LogP contribution in [0.15, 0.2) is 29.3 Å². The summed E-state index contributed by atoms with van der Waals surface area (Å²) in [5.74, 6) is 1.64. The van der Waals surface area contributed by atoms with Crippen molar-refractivity contribution < 1.29 is 9.53 Å². The first-order valence-electron chi connectivity index (χ1n) is 8.69. The SMILES string of the molecule is CCNC(=NCC(=O)N1CCCC1)NCCOc1ccccc1C.I. The second-order valence-corrected chi connectivity index (χ2v) is 5.82. The van der Waals surface area contributed by atoms with E-state index in [0.717, 1.165) is 43.8 Å². The molecule has 25 heavy (non-hydrogen) atoms. The van der Waals surface area contributed by atoms with Crippen molar-refractivity contribution in [2.75, 3.05) is 39.3 Å². The van der Waals surface area contributed by atoms with Gasteiger partial charge in [-0.05, 0) is 38.3 Å². The minimum atomic E-state index is 0. The number of halogens is 1. The molecule has 2 N–H and O–H groups in total. The number of guanidine groups is 1. The van der Waals surface area contributed by atoms with Gasteiger partial charge in [-0.25, -0.2) is 4.99 Å². The van der Waals surface area contributed by atoms with Gasteiger partial charge in [0.2, 0.25) is 5.91 Å². The third kappa shape index (κ3) is 7.50. The highest BCUT2D eigenvalue weighted by molar-refractivity contribution is 14.0. The summed E-state index contributed by atoms with van der Waals surface area (Å²) >= 11 is 0. The van der Waals surface area contributed by atoms with Crippen molar-refractivity contribution >= 4 is 35.8 Å². The normalized spacial score (nSPS) is 14.0. The highest BCUT2D eigenvalue weighted by atomic mass is 127. The monoisotopic (exact) mass is 460 g/mol. The highest BCUT2D eigenvalue weighted by Gasteiger charge is 2.17. The lowest BCUT2D eigenvalue weighted by atomic mass is 10.2. The summed E-state index contributed by atoms with van der Waals surface area (Å²) in [4.78, 5) is 18.3. The van der Waals surface area contributed by atoms with Gasteiger partial charge < -0.3 is 20.3 Å². The van der Waals surface area contributed by atoms with Crippen LogP contribution in [-0.2, 0) is 4.79 Å². The molecule has 0 aromatic heterocycles. The Kier molecular flexibility index (Phi) is 10.3. The molecule has 1 heterocycles. The zero-order valence-electron chi connectivity index (χ0n) is 15.1. The molecule has 0 unspecified atom stereocenters. The van der Waals surface area contributed by atoms with Crippen LogP contribution in [0.1, 0.15) is 25.3 Å². The molecule has 2 rings (SSSR count). The van der Waals surface area contributed by atoms with Gasteiger partial charge in [0.15, 0.2) is 5.96 Å². The van der Waals surface area contributed by atoms with E-state index >= 15 is 0 Å². The lowest BCUT2D eigenvalue weighted by Gasteiger charge is -2.15. The van der Waals surface area contributed by atoms with E-state index in [1.54, 1.807) is 0 Å². The van der Waals surface area contributed by atoms with Crippen LogP contribution < -0.4 is 15.4 Å². The molecule has 1 aliphatic rings. The minimum Gasteiger partial charge on any atom is -0.491 e. The lowest BCUT2D eigenvalue weighted by Crippen LogP contribution is -2.40. The van der Waals surface area contributed by atoms with Gasteiger partial charge in [-0.1, -0.05) is 18.2 Å². The van der Waals surface area contributed by atoms with Crippen LogP contribution >= 0.6 is 24.0 Å². The molecule has 0 radical (unpaired) electrons. The molecule has 1 saturated heterocycles. The zero-order valence-corrected chi connectivity index (χ0v) is 17.4. The fourth-order valence-electron chi connectivity index (χ4n) is 2.60. The Balaban J connectivity index is 0.00000312. The molecule has 1 amide bonds. The minimum absolute atomic E-state index is 0. The predicted octanol–water partition coefficient (Wildman–Crippen LogP) is 2.17. The van der Waals surface area contributed by atoms with Crippen LogP contribution in [0.5, 0.6) is 5.75 Å². The van der Waals surface area contributed by atoms with E-state index in [9.17, 15) is 4.79 Å². The average Bonchev–Trinajstić information content (AvgIpc) is 3.12. The smallest absolute Gasteiger partial charge is 0.244 e. The van der Waals surface area contributed by atoms with E-state index in [1.807, 2.05) is 43.0 Å². The van der Waals surface area contributed by atoms with Gasteiger partial charge in [0.1, 0.15) is 18.9 Å². The Morgan fingerprint density at radius 3 is 2.64 bits per heavy atom. The third-order valence-electron chi connectivity index (χ3n) is 3.92. The van der Waals surface area contributed by atoms with Gasteiger partial charge in [-0.2, -0.15) is 0 Å². The van der Waals surface area contributed by atoms with E-state index in [2.05, 4.69) is 15.6 Å². The van der Waals surface area contributed by atoms with Crippen molar-refractivity contribution in [2.24, 2.45) is 4.99 Å². The van der Waals surface area contributed by atoms with Crippen LogP contribution in [0.25, 0.3) is 0 Å². The van der Waals surface area contributed by atoms with Gasteiger partial charge in [-0.15, -0.1) is 24.0 Å². The number of para-hydroxylation sites is 1. The number of aryl methyl sites for hydroxylation is 1. The number of likely N-dealkylation sites (tertiary alicyclic amines) is 1. The summed E-state index contributed by atoms with van der Waals surface area (Å²) in [5.41, 5.74) is 1.12. The number of hydrogen-bond donors (Lipinski definition) is 2. The zero-order chi connectivity index (χ0) is 17.2. The maximum atomic E-state index is 12.0. The van der Waals surface area contributed by atoms with Gasteiger partial charge in [0.05, 0.1) is 6.54 Å². The average molecular weight is 460 g/mol. The maximum Gasteiger partial charge on any atom is 0.244 e. The number of ether oxygens (including phenoxy) is 1. The summed E-state index contributed by atoms with van der Waals surface area (Å²) < 4.78 is 5.75. The largest absolute Gasteiger partial charge is 0.491 e. The number of nitrogens with one attached hydrogen (secondary N) is 2. The van der Waals surface area contributed by atoms with Gasteiger partial charge in [0, 0.05) is 19.6 Å². The van der Waals surface area contributed by atoms with Gasteiger partial charge in [0.25, 0.3) is 0 Å². The van der Waals surface area contributed by atoms with Crippen LogP contribution in [0.2, 0.25) is 0 Å². The molecule has 0 saturated carbocycles. The number of amides is 1. The van der Waals surface area contributed by atoms with E-state index in [0.29, 0.717) is 19.1 Å². The standard InChI is InChI=1S/C18H28N4O2.HI/c1-3-19-18(21-14-17(23)22-11-6-7-12-22)20-10-13-24-16-9-5-4-8-15(16)2;/h4-5,8-9H,3,6-7,10-14H2,1-2H3,(H2,19,20,21);1H. The summed E-state index contributed by atoms with van der Waals surface area (Å²) in [6.45, 7) is 7.86. The second kappa shape index (κ2) is 11.9. The van der Waals surface area contributed by atoms with Crippen molar-refractivity contribution in [2.45, 2.75) is 26.7 Å². The number of carbonyl (C=O) groups excluding carboxylic acids is 1. The fourth-order valence-corrected chi connectivity index (χ4v) is 2.60. The first kappa shape index (κ1) is 21.5. The Labute approximate surface area is 167 Å². The molecular formula is C18H29IN4O2. The van der Waals surface area contributed by atoms with Crippen LogP contribution in [0.4, 0.5) is 0 Å². The van der Waals surface area contributed by atoms with E-state index in [4.69, 9.17) is 4.74 Å². The van der Waals surface area contributed by atoms with Crippen molar-refractivity contribution in [3.63, 3.8) is 0 Å². The highest BCUT2D eigenvalue weighted by Crippen LogP contribution is 2.15. The molecule has 140 valence electrons. The lowest BCUT2D eigenvalue weighted by molar-refractivity contribution is -0.128. The molecular weight excluding hydrogens is 431 g/mol. The topological polar surface area (TPSA) is 66.0 Å². The number of hydrogen-bond acceptors (Lipinski definition) is 3. The van der Waals surface area contributed by atoms with Gasteiger partial charge >= 0.3 is 0 Å². The molecule has 0 atom stereocenters. The first-order chi connectivity index (χ1) is 11.7. The van der Waals surface area contributed by atoms with Crippen molar-refractivity contribution in [1.29, 1.82) is 0 Å². The quantitative estimate of drug-likeness (QED) is 0.283. The molecule has 1 fully saturated rings. The fraction of sp³-hybridized carbons (Fsp3) is 0.556. The molecule has 1 aromatic carbocycles. The third-order valence-corrected chi connectivity index (χ3v) is 3.92. The Morgan fingerprint density at radius 1 is 1.24 bits per heavy atom. The first-order valence-corrected chi connectivity index (χ1v) is 8.69. The second-order valence-electron chi connectivity index (χ2n) is 5.82. The molecule has 0 spiro atoms. The van der Waals surface area contributed by atoms with E-state index < -0.39 is 0 Å². The van der Waals surface area contributed by atoms with Gasteiger partial charge in [-0.3, -0.25) is 4.79 Å². The molecule has 1 aliphatic heterocycles. The molecule has 1 aromatic rings. The van der Waals surface area contributed by atoms with E-state index in [1.165, 1.54) is 0 Å². The molecule has 0 bridgehead atoms. The van der Waals surface area contributed by atoms with Crippen molar-refractivity contribution in [3.05, 3.63) is 29.8 Å². The predicted molar refractivity (Wildman–Crippen MR) is 112 cm³/mol. The van der Waals surface area contributed by atoms with Crippen LogP contribution in [0, 0.1) is 6.92 Å². The Bertz CT molecular complexity index is 560. The number of aliphatic imine (C=N–C) groups is 1. The molecule has 7 heteroatoms. The summed E-state index contributed by atoms with van der Waals surface area (Å²) in [6.07, 6.45) is 2.20.